The van der Waals surface area contributed by atoms with Gasteiger partial charge < -0.3 is 4.74 Å². The Morgan fingerprint density at radius 2 is 2.00 bits per heavy atom. The Hall–Kier alpha value is -3.64. The summed E-state index contributed by atoms with van der Waals surface area (Å²) in [5.41, 5.74) is 9.22. The van der Waals surface area contributed by atoms with Gasteiger partial charge in [-0.2, -0.15) is 0 Å². The molecule has 0 atom stereocenters. The molecule has 8 nitrogen and oxygen atoms in total. The van der Waals surface area contributed by atoms with Crippen molar-refractivity contribution in [1.29, 1.82) is 0 Å². The summed E-state index contributed by atoms with van der Waals surface area (Å²) < 4.78 is 5.10. The molecule has 0 aliphatic carbocycles. The number of Topliss-reactive ketones (excluding diaryl/α,β-unsaturated/α-hetero) is 1. The van der Waals surface area contributed by atoms with Gasteiger partial charge in [0.05, 0.1) is 17.7 Å². The Balaban J connectivity index is 2.38. The molecular weight excluding hydrogens is 312 g/mol. The van der Waals surface area contributed by atoms with Crippen LogP contribution in [0.2, 0.25) is 0 Å². The largest absolute Gasteiger partial charge is 0.497 e. The molecule has 0 aliphatic heterocycles. The lowest BCUT2D eigenvalue weighted by molar-refractivity contribution is -0.384. The molecule has 0 saturated carbocycles. The molecule has 2 rings (SSSR count). The van der Waals surface area contributed by atoms with Crippen molar-refractivity contribution in [3.63, 3.8) is 0 Å². The Kier molecular flexibility index (Phi) is 5.28. The maximum atomic E-state index is 12.4. The number of ether oxygens (including phenoxy) is 1. The van der Waals surface area contributed by atoms with Gasteiger partial charge in [-0.05, 0) is 41.4 Å². The number of nitro groups is 1. The third-order valence-electron chi connectivity index (χ3n) is 3.12. The summed E-state index contributed by atoms with van der Waals surface area (Å²) in [5, 5.41) is 14.1. The van der Waals surface area contributed by atoms with Gasteiger partial charge in [0.1, 0.15) is 5.75 Å². The quantitative estimate of drug-likeness (QED) is 0.151. The van der Waals surface area contributed by atoms with Crippen molar-refractivity contribution in [2.45, 2.75) is 0 Å². The summed E-state index contributed by atoms with van der Waals surface area (Å²) in [6.07, 6.45) is 1.42. The zero-order valence-electron chi connectivity index (χ0n) is 12.6. The van der Waals surface area contributed by atoms with Crippen LogP contribution in [0, 0.1) is 10.1 Å². The first kappa shape index (κ1) is 16.7. The molecule has 0 spiro atoms. The van der Waals surface area contributed by atoms with Crippen molar-refractivity contribution in [2.24, 2.45) is 5.11 Å². The molecule has 2 aromatic carbocycles. The number of non-ortho nitro benzene ring substituents is 1. The van der Waals surface area contributed by atoms with E-state index in [0.717, 1.165) is 0 Å². The van der Waals surface area contributed by atoms with Gasteiger partial charge in [-0.1, -0.05) is 17.2 Å². The van der Waals surface area contributed by atoms with Gasteiger partial charge in [0, 0.05) is 22.6 Å². The summed E-state index contributed by atoms with van der Waals surface area (Å²) in [7, 11) is 1.51. The average molecular weight is 324 g/mol. The highest BCUT2D eigenvalue weighted by Crippen LogP contribution is 2.20. The second-order valence-electron chi connectivity index (χ2n) is 4.63. The third-order valence-corrected chi connectivity index (χ3v) is 3.12. The molecule has 0 saturated heterocycles. The number of allylic oxidation sites excluding steroid dienone is 1. The highest BCUT2D eigenvalue weighted by atomic mass is 16.6. The molecule has 0 radical (unpaired) electrons. The normalized spacial score (nSPS) is 10.6. The molecule has 120 valence electrons. The van der Waals surface area contributed by atoms with E-state index in [1.807, 2.05) is 0 Å². The van der Waals surface area contributed by atoms with E-state index in [1.54, 1.807) is 24.3 Å². The minimum atomic E-state index is -0.561. The Labute approximate surface area is 136 Å². The molecule has 0 aromatic heterocycles. The zero-order chi connectivity index (χ0) is 17.5. The molecule has 0 amide bonds. The van der Waals surface area contributed by atoms with E-state index in [9.17, 15) is 14.9 Å². The first-order chi connectivity index (χ1) is 11.5. The fourth-order valence-electron chi connectivity index (χ4n) is 1.96. The first-order valence-electron chi connectivity index (χ1n) is 6.75. The average Bonchev–Trinajstić information content (AvgIpc) is 2.61. The number of ketones is 1. The van der Waals surface area contributed by atoms with Crippen LogP contribution in [0.25, 0.3) is 16.5 Å². The molecule has 0 aliphatic rings. The number of hydrogen-bond donors (Lipinski definition) is 0. The maximum Gasteiger partial charge on any atom is 0.269 e. The number of nitrogens with zero attached hydrogens (tertiary/aromatic N) is 4. The van der Waals surface area contributed by atoms with Crippen LogP contribution in [-0.4, -0.2) is 17.8 Å². The maximum absolute atomic E-state index is 12.4. The van der Waals surface area contributed by atoms with Crippen LogP contribution in [0.15, 0.2) is 59.3 Å². The Morgan fingerprint density at radius 3 is 2.58 bits per heavy atom. The van der Waals surface area contributed by atoms with E-state index in [1.165, 1.54) is 37.5 Å². The van der Waals surface area contributed by atoms with Crippen molar-refractivity contribution in [1.82, 2.24) is 0 Å². The molecule has 0 N–H and O–H groups in total. The molecule has 2 aromatic rings. The van der Waals surface area contributed by atoms with Gasteiger partial charge in [0.15, 0.2) is 5.78 Å². The topological polar surface area (TPSA) is 118 Å². The van der Waals surface area contributed by atoms with Gasteiger partial charge in [0.2, 0.25) is 0 Å². The van der Waals surface area contributed by atoms with E-state index in [4.69, 9.17) is 10.3 Å². The summed E-state index contributed by atoms with van der Waals surface area (Å²) >= 11 is 0. The highest BCUT2D eigenvalue weighted by molar-refractivity contribution is 6.11. The van der Waals surface area contributed by atoms with Crippen molar-refractivity contribution < 1.29 is 14.5 Å². The van der Waals surface area contributed by atoms with Crippen molar-refractivity contribution in [3.05, 3.63) is 85.9 Å². The van der Waals surface area contributed by atoms with E-state index in [0.29, 0.717) is 11.3 Å². The smallest absolute Gasteiger partial charge is 0.269 e. The lowest BCUT2D eigenvalue weighted by Gasteiger charge is -2.03. The van der Waals surface area contributed by atoms with Crippen LogP contribution in [0.4, 0.5) is 5.69 Å². The highest BCUT2D eigenvalue weighted by Gasteiger charge is 2.13. The first-order valence-corrected chi connectivity index (χ1v) is 6.75. The molecule has 0 heterocycles. The van der Waals surface area contributed by atoms with Crippen LogP contribution in [0.3, 0.4) is 0 Å². The van der Waals surface area contributed by atoms with Crippen molar-refractivity contribution in [2.75, 3.05) is 7.11 Å². The standard InChI is InChI=1S/C16H12N4O4/c1-24-14-4-2-3-11(9-14)10-15(18-19-17)16(21)12-5-7-13(8-6-12)20(22)23/h2-10H,1H3/b15-10-. The minimum Gasteiger partial charge on any atom is -0.497 e. The van der Waals surface area contributed by atoms with E-state index < -0.39 is 10.7 Å². The predicted octanol–water partition coefficient (Wildman–Crippen LogP) is 4.14. The SMILES string of the molecule is COc1cccc(/C=C(\N=[N+]=[N-])C(=O)c2ccc([N+](=O)[O-])cc2)c1. The Bertz CT molecular complexity index is 853. The van der Waals surface area contributed by atoms with Gasteiger partial charge in [-0.25, -0.2) is 0 Å². The van der Waals surface area contributed by atoms with Gasteiger partial charge >= 0.3 is 0 Å². The van der Waals surface area contributed by atoms with E-state index in [2.05, 4.69) is 10.0 Å². The Morgan fingerprint density at radius 1 is 1.29 bits per heavy atom. The van der Waals surface area contributed by atoms with Gasteiger partial charge in [-0.15, -0.1) is 0 Å². The fraction of sp³-hybridized carbons (Fsp3) is 0.0625. The molecule has 0 fully saturated rings. The van der Waals surface area contributed by atoms with Crippen LogP contribution < -0.4 is 4.74 Å². The van der Waals surface area contributed by atoms with E-state index >= 15 is 0 Å². The molecule has 0 bridgehead atoms. The third kappa shape index (κ3) is 3.96. The second kappa shape index (κ2) is 7.57. The number of rotatable bonds is 6. The van der Waals surface area contributed by atoms with Crippen LogP contribution >= 0.6 is 0 Å². The monoisotopic (exact) mass is 324 g/mol. The zero-order valence-corrected chi connectivity index (χ0v) is 12.6. The van der Waals surface area contributed by atoms with Crippen LogP contribution in [0.1, 0.15) is 15.9 Å². The predicted molar refractivity (Wildman–Crippen MR) is 87.5 cm³/mol. The number of nitro benzene ring substituents is 1. The summed E-state index contributed by atoms with van der Waals surface area (Å²) in [4.78, 5) is 25.2. The molecule has 8 heteroatoms. The van der Waals surface area contributed by atoms with Crippen molar-refractivity contribution in [3.8, 4) is 5.75 Å². The minimum absolute atomic E-state index is 0.125. The van der Waals surface area contributed by atoms with Crippen LogP contribution in [0.5, 0.6) is 5.75 Å². The number of methoxy groups -OCH3 is 1. The fourth-order valence-corrected chi connectivity index (χ4v) is 1.96. The molecule has 0 unspecified atom stereocenters. The number of carbonyl (C=O) groups is 1. The molecule has 24 heavy (non-hydrogen) atoms. The number of azide groups is 1. The second-order valence-corrected chi connectivity index (χ2v) is 4.63. The number of benzene rings is 2. The van der Waals surface area contributed by atoms with Crippen LogP contribution in [-0.2, 0) is 0 Å². The van der Waals surface area contributed by atoms with Gasteiger partial charge in [-0.3, -0.25) is 14.9 Å². The summed E-state index contributed by atoms with van der Waals surface area (Å²) in [6, 6.07) is 11.9. The molecular formula is C16H12N4O4. The van der Waals surface area contributed by atoms with E-state index in [-0.39, 0.29) is 16.9 Å². The number of carbonyl (C=O) groups excluding carboxylic acids is 1. The van der Waals surface area contributed by atoms with Gasteiger partial charge in [0.25, 0.3) is 5.69 Å². The van der Waals surface area contributed by atoms with Crippen molar-refractivity contribution >= 4 is 17.5 Å². The summed E-state index contributed by atoms with van der Waals surface area (Å²) in [6.45, 7) is 0. The lowest BCUT2D eigenvalue weighted by Crippen LogP contribution is -2.01. The number of hydrogen-bond acceptors (Lipinski definition) is 5. The summed E-state index contributed by atoms with van der Waals surface area (Å²) in [5.74, 6) is 0.0531. The lowest BCUT2D eigenvalue weighted by atomic mass is 10.1.